The van der Waals surface area contributed by atoms with Gasteiger partial charge in [-0.15, -0.1) is 0 Å². The zero-order valence-corrected chi connectivity index (χ0v) is 11.1. The molecular weight excluding hydrogens is 254 g/mol. The zero-order chi connectivity index (χ0) is 14.3. The second-order valence-corrected chi connectivity index (χ2v) is 5.41. The van der Waals surface area contributed by atoms with Crippen LogP contribution in [0.3, 0.4) is 0 Å². The molecule has 0 aromatic heterocycles. The first-order valence-corrected chi connectivity index (χ1v) is 6.72. The van der Waals surface area contributed by atoms with Gasteiger partial charge in [0.1, 0.15) is 5.41 Å². The van der Waals surface area contributed by atoms with Crippen LogP contribution in [0.1, 0.15) is 24.0 Å². The maximum Gasteiger partial charge on any atom is 0.254 e. The van der Waals surface area contributed by atoms with E-state index < -0.39 is 5.41 Å². The summed E-state index contributed by atoms with van der Waals surface area (Å²) in [6.45, 7) is 0.549. The normalized spacial score (nSPS) is 18.6. The summed E-state index contributed by atoms with van der Waals surface area (Å²) in [5, 5.41) is 9.11. The molecule has 0 saturated heterocycles. The lowest BCUT2D eigenvalue weighted by atomic mass is 10.1. The molecule has 0 atom stereocenters. The second kappa shape index (κ2) is 4.43. The summed E-state index contributed by atoms with van der Waals surface area (Å²) >= 11 is 0. The molecule has 2 N–H and O–H groups in total. The fraction of sp³-hybridized carbons (Fsp3) is 0.400. The Morgan fingerprint density at radius 1 is 1.45 bits per heavy atom. The van der Waals surface area contributed by atoms with E-state index in [0.29, 0.717) is 25.1 Å². The van der Waals surface area contributed by atoms with Gasteiger partial charge < -0.3 is 5.73 Å². The summed E-state index contributed by atoms with van der Waals surface area (Å²) in [5.74, 6) is -0.605. The van der Waals surface area contributed by atoms with Gasteiger partial charge in [-0.1, -0.05) is 12.1 Å². The van der Waals surface area contributed by atoms with Crippen molar-refractivity contribution in [1.82, 2.24) is 0 Å². The number of carbonyl (C=O) groups excluding carboxylic acids is 2. The molecule has 0 radical (unpaired) electrons. The molecular formula is C15H15N3O2. The standard InChI is InChI=1S/C15H15N3O2/c16-6-3-10-1-2-12-11(7-10)8-13(19)18(12)14(20)15(9-17)4-5-15/h1-2,7H,3-6,8,16H2. The van der Waals surface area contributed by atoms with Crippen LogP contribution in [0.5, 0.6) is 0 Å². The van der Waals surface area contributed by atoms with Gasteiger partial charge in [0.15, 0.2) is 0 Å². The smallest absolute Gasteiger partial charge is 0.254 e. The van der Waals surface area contributed by atoms with Crippen LogP contribution in [-0.2, 0) is 22.4 Å². The molecule has 0 bridgehead atoms. The van der Waals surface area contributed by atoms with E-state index in [4.69, 9.17) is 11.0 Å². The molecule has 0 unspecified atom stereocenters. The predicted octanol–water partition coefficient (Wildman–Crippen LogP) is 0.907. The minimum absolute atomic E-state index is 0.223. The molecule has 1 aliphatic carbocycles. The van der Waals surface area contributed by atoms with Gasteiger partial charge in [-0.25, -0.2) is 4.90 Å². The Morgan fingerprint density at radius 2 is 2.20 bits per heavy atom. The minimum Gasteiger partial charge on any atom is -0.330 e. The van der Waals surface area contributed by atoms with Crippen molar-refractivity contribution in [3.63, 3.8) is 0 Å². The average molecular weight is 269 g/mol. The van der Waals surface area contributed by atoms with E-state index >= 15 is 0 Å². The first-order chi connectivity index (χ1) is 9.61. The monoisotopic (exact) mass is 269 g/mol. The molecule has 1 aromatic rings. The Bertz CT molecular complexity index is 641. The number of anilines is 1. The molecule has 1 aromatic carbocycles. The van der Waals surface area contributed by atoms with E-state index in [1.165, 1.54) is 4.90 Å². The molecule has 5 nitrogen and oxygen atoms in total. The van der Waals surface area contributed by atoms with Gasteiger partial charge in [-0.3, -0.25) is 9.59 Å². The van der Waals surface area contributed by atoms with Crippen molar-refractivity contribution >= 4 is 17.5 Å². The van der Waals surface area contributed by atoms with Gasteiger partial charge in [0.25, 0.3) is 5.91 Å². The third kappa shape index (κ3) is 1.81. The van der Waals surface area contributed by atoms with Crippen LogP contribution in [0.4, 0.5) is 5.69 Å². The highest BCUT2D eigenvalue weighted by molar-refractivity contribution is 6.22. The SMILES string of the molecule is N#CC1(C(=O)N2C(=O)Cc3cc(CCN)ccc32)CC1. The maximum atomic E-state index is 12.4. The number of hydrogen-bond donors (Lipinski definition) is 1. The Morgan fingerprint density at radius 3 is 2.80 bits per heavy atom. The van der Waals surface area contributed by atoms with Crippen LogP contribution in [-0.4, -0.2) is 18.4 Å². The number of nitrogens with zero attached hydrogens (tertiary/aromatic N) is 2. The van der Waals surface area contributed by atoms with Crippen molar-refractivity contribution < 1.29 is 9.59 Å². The van der Waals surface area contributed by atoms with Gasteiger partial charge >= 0.3 is 0 Å². The van der Waals surface area contributed by atoms with E-state index in [-0.39, 0.29) is 18.2 Å². The minimum atomic E-state index is -0.965. The number of rotatable bonds is 3. The van der Waals surface area contributed by atoms with Gasteiger partial charge in [-0.05, 0) is 43.0 Å². The molecule has 1 heterocycles. The van der Waals surface area contributed by atoms with Crippen LogP contribution in [0.25, 0.3) is 0 Å². The van der Waals surface area contributed by atoms with Gasteiger partial charge in [0.2, 0.25) is 5.91 Å². The van der Waals surface area contributed by atoms with Crippen LogP contribution < -0.4 is 10.6 Å². The summed E-state index contributed by atoms with van der Waals surface area (Å²) in [5.41, 5.74) is 7.10. The number of carbonyl (C=O) groups is 2. The highest BCUT2D eigenvalue weighted by Crippen LogP contribution is 2.48. The van der Waals surface area contributed by atoms with Crippen molar-refractivity contribution in [2.24, 2.45) is 11.1 Å². The van der Waals surface area contributed by atoms with E-state index in [1.54, 1.807) is 6.07 Å². The molecule has 2 aliphatic rings. The maximum absolute atomic E-state index is 12.4. The van der Waals surface area contributed by atoms with Gasteiger partial charge in [-0.2, -0.15) is 5.26 Å². The van der Waals surface area contributed by atoms with Gasteiger partial charge in [0.05, 0.1) is 18.2 Å². The summed E-state index contributed by atoms with van der Waals surface area (Å²) in [7, 11) is 0. The lowest BCUT2D eigenvalue weighted by molar-refractivity contribution is -0.127. The highest BCUT2D eigenvalue weighted by atomic mass is 16.2. The summed E-state index contributed by atoms with van der Waals surface area (Å²) < 4.78 is 0. The molecule has 1 saturated carbocycles. The summed E-state index contributed by atoms with van der Waals surface area (Å²) in [6, 6.07) is 7.66. The average Bonchev–Trinajstić information content (AvgIpc) is 3.16. The highest BCUT2D eigenvalue weighted by Gasteiger charge is 2.55. The molecule has 3 rings (SSSR count). The molecule has 20 heavy (non-hydrogen) atoms. The van der Waals surface area contributed by atoms with Crippen molar-refractivity contribution in [2.45, 2.75) is 25.7 Å². The molecule has 2 amide bonds. The number of fused-ring (bicyclic) bond motifs is 1. The predicted molar refractivity (Wildman–Crippen MR) is 72.7 cm³/mol. The lowest BCUT2D eigenvalue weighted by Crippen LogP contribution is -2.39. The second-order valence-electron chi connectivity index (χ2n) is 5.41. The first kappa shape index (κ1) is 12.8. The van der Waals surface area contributed by atoms with Crippen molar-refractivity contribution in [3.8, 4) is 6.07 Å². The lowest BCUT2D eigenvalue weighted by Gasteiger charge is -2.18. The fourth-order valence-corrected chi connectivity index (χ4v) is 2.63. The number of nitriles is 1. The molecule has 102 valence electrons. The van der Waals surface area contributed by atoms with E-state index in [0.717, 1.165) is 17.5 Å². The van der Waals surface area contributed by atoms with Crippen molar-refractivity contribution in [1.29, 1.82) is 5.26 Å². The Labute approximate surface area is 117 Å². The molecule has 1 aliphatic heterocycles. The van der Waals surface area contributed by atoms with Crippen LogP contribution in [0.2, 0.25) is 0 Å². The Hall–Kier alpha value is -2.19. The first-order valence-electron chi connectivity index (χ1n) is 6.72. The largest absolute Gasteiger partial charge is 0.330 e. The third-order valence-electron chi connectivity index (χ3n) is 3.99. The van der Waals surface area contributed by atoms with Crippen LogP contribution in [0.15, 0.2) is 18.2 Å². The number of imide groups is 1. The number of amides is 2. The third-order valence-corrected chi connectivity index (χ3v) is 3.99. The number of benzene rings is 1. The summed E-state index contributed by atoms with van der Waals surface area (Å²) in [4.78, 5) is 25.7. The molecule has 0 spiro atoms. The van der Waals surface area contributed by atoms with Crippen molar-refractivity contribution in [3.05, 3.63) is 29.3 Å². The molecule has 5 heteroatoms. The Balaban J connectivity index is 1.95. The van der Waals surface area contributed by atoms with Gasteiger partial charge in [0, 0.05) is 0 Å². The topological polar surface area (TPSA) is 87.2 Å². The van der Waals surface area contributed by atoms with Crippen molar-refractivity contribution in [2.75, 3.05) is 11.4 Å². The summed E-state index contributed by atoms with van der Waals surface area (Å²) in [6.07, 6.45) is 2.07. The zero-order valence-electron chi connectivity index (χ0n) is 11.1. The number of hydrogen-bond acceptors (Lipinski definition) is 4. The quantitative estimate of drug-likeness (QED) is 0.826. The fourth-order valence-electron chi connectivity index (χ4n) is 2.63. The number of nitrogens with two attached hydrogens (primary N) is 1. The van der Waals surface area contributed by atoms with E-state index in [1.807, 2.05) is 12.1 Å². The molecule has 1 fully saturated rings. The van der Waals surface area contributed by atoms with E-state index in [2.05, 4.69) is 6.07 Å². The Kier molecular flexibility index (Phi) is 2.84. The van der Waals surface area contributed by atoms with Crippen LogP contribution in [0, 0.1) is 16.7 Å². The van der Waals surface area contributed by atoms with E-state index in [9.17, 15) is 9.59 Å². The van der Waals surface area contributed by atoms with Crippen LogP contribution >= 0.6 is 0 Å².